The number of benzene rings is 2. The SMILES string of the molecule is O=C1CC(C(F)(F)F)N(C(=O)COC(=O)c2cc(Cl)c3c(c2)OCCO3)c2ccccc2N1. The summed E-state index contributed by atoms with van der Waals surface area (Å²) in [5, 5.41) is 2.43. The Morgan fingerprint density at radius 1 is 1.18 bits per heavy atom. The molecule has 0 spiro atoms. The summed E-state index contributed by atoms with van der Waals surface area (Å²) in [5.74, 6) is -2.60. The van der Waals surface area contributed by atoms with Crippen molar-refractivity contribution < 1.29 is 41.8 Å². The molecule has 1 N–H and O–H groups in total. The van der Waals surface area contributed by atoms with Gasteiger partial charge in [0.2, 0.25) is 5.91 Å². The van der Waals surface area contributed by atoms with Gasteiger partial charge in [0.15, 0.2) is 18.1 Å². The molecule has 2 heterocycles. The van der Waals surface area contributed by atoms with E-state index in [4.69, 9.17) is 25.8 Å². The van der Waals surface area contributed by atoms with Crippen LogP contribution >= 0.6 is 11.6 Å². The molecule has 2 amide bonds. The molecule has 2 aliphatic heterocycles. The number of anilines is 2. The highest BCUT2D eigenvalue weighted by atomic mass is 35.5. The third kappa shape index (κ3) is 4.68. The second-order valence-corrected chi connectivity index (χ2v) is 7.56. The molecule has 2 aliphatic rings. The van der Waals surface area contributed by atoms with Gasteiger partial charge in [0.25, 0.3) is 5.91 Å². The van der Waals surface area contributed by atoms with E-state index in [9.17, 15) is 27.6 Å². The smallest absolute Gasteiger partial charge is 0.409 e. The lowest BCUT2D eigenvalue weighted by molar-refractivity contribution is -0.158. The van der Waals surface area contributed by atoms with Crippen LogP contribution < -0.4 is 19.7 Å². The van der Waals surface area contributed by atoms with Crippen molar-refractivity contribution in [3.05, 3.63) is 47.0 Å². The summed E-state index contributed by atoms with van der Waals surface area (Å²) in [4.78, 5) is 37.8. The van der Waals surface area contributed by atoms with Gasteiger partial charge >= 0.3 is 12.1 Å². The van der Waals surface area contributed by atoms with Gasteiger partial charge in [-0.1, -0.05) is 23.7 Å². The first kappa shape index (κ1) is 22.7. The largest absolute Gasteiger partial charge is 0.486 e. The predicted octanol–water partition coefficient (Wildman–Crippen LogP) is 3.57. The fourth-order valence-corrected chi connectivity index (χ4v) is 3.77. The van der Waals surface area contributed by atoms with Crippen LogP contribution in [0.4, 0.5) is 24.5 Å². The fraction of sp³-hybridized carbons (Fsp3) is 0.286. The molecule has 0 aliphatic carbocycles. The predicted molar refractivity (Wildman–Crippen MR) is 110 cm³/mol. The number of fused-ring (bicyclic) bond motifs is 2. The minimum atomic E-state index is -4.90. The highest BCUT2D eigenvalue weighted by Crippen LogP contribution is 2.39. The Balaban J connectivity index is 1.57. The third-order valence-corrected chi connectivity index (χ3v) is 5.21. The minimum absolute atomic E-state index is 0.0348. The second kappa shape index (κ2) is 8.81. The van der Waals surface area contributed by atoms with Gasteiger partial charge in [-0.15, -0.1) is 0 Å². The molecule has 0 radical (unpaired) electrons. The van der Waals surface area contributed by atoms with Gasteiger partial charge in [0, 0.05) is 0 Å². The zero-order chi connectivity index (χ0) is 23.8. The molecule has 0 fully saturated rings. The Hall–Kier alpha value is -3.47. The van der Waals surface area contributed by atoms with Gasteiger partial charge < -0.3 is 19.5 Å². The monoisotopic (exact) mass is 484 g/mol. The number of hydrogen-bond acceptors (Lipinski definition) is 6. The maximum atomic E-state index is 13.7. The van der Waals surface area contributed by atoms with E-state index in [0.29, 0.717) is 4.90 Å². The van der Waals surface area contributed by atoms with Crippen LogP contribution in [-0.2, 0) is 14.3 Å². The number of hydrogen-bond donors (Lipinski definition) is 1. The maximum Gasteiger partial charge on any atom is 0.409 e. The summed E-state index contributed by atoms with van der Waals surface area (Å²) < 4.78 is 56.9. The van der Waals surface area contributed by atoms with E-state index in [2.05, 4.69) is 5.32 Å². The topological polar surface area (TPSA) is 94.2 Å². The molecule has 0 saturated heterocycles. The highest BCUT2D eigenvalue weighted by molar-refractivity contribution is 6.32. The van der Waals surface area contributed by atoms with E-state index >= 15 is 0 Å². The number of esters is 1. The van der Waals surface area contributed by atoms with Crippen LogP contribution in [0.2, 0.25) is 5.02 Å². The van der Waals surface area contributed by atoms with Crippen molar-refractivity contribution >= 4 is 40.8 Å². The number of nitrogens with one attached hydrogen (secondary N) is 1. The van der Waals surface area contributed by atoms with Gasteiger partial charge in [0.05, 0.1) is 28.4 Å². The molecule has 174 valence electrons. The Morgan fingerprint density at radius 2 is 1.91 bits per heavy atom. The third-order valence-electron chi connectivity index (χ3n) is 4.93. The molecule has 0 bridgehead atoms. The van der Waals surface area contributed by atoms with Gasteiger partial charge in [0.1, 0.15) is 19.3 Å². The van der Waals surface area contributed by atoms with Crippen molar-refractivity contribution in [3.8, 4) is 11.5 Å². The van der Waals surface area contributed by atoms with Gasteiger partial charge in [-0.25, -0.2) is 4.79 Å². The van der Waals surface area contributed by atoms with E-state index in [1.54, 1.807) is 0 Å². The fourth-order valence-electron chi connectivity index (χ4n) is 3.50. The summed E-state index contributed by atoms with van der Waals surface area (Å²) in [5.41, 5.74) is -0.195. The molecule has 4 rings (SSSR count). The van der Waals surface area contributed by atoms with Crippen LogP contribution in [0.5, 0.6) is 11.5 Å². The van der Waals surface area contributed by atoms with E-state index in [1.807, 2.05) is 0 Å². The molecule has 33 heavy (non-hydrogen) atoms. The lowest BCUT2D eigenvalue weighted by Gasteiger charge is -2.31. The second-order valence-electron chi connectivity index (χ2n) is 7.15. The van der Waals surface area contributed by atoms with Crippen molar-refractivity contribution in [3.63, 3.8) is 0 Å². The normalized spacial score (nSPS) is 17.5. The average Bonchev–Trinajstić information content (AvgIpc) is 2.93. The number of nitrogens with zero attached hydrogens (tertiary/aromatic N) is 1. The molecule has 12 heteroatoms. The van der Waals surface area contributed by atoms with E-state index in [0.717, 1.165) is 0 Å². The number of carbonyl (C=O) groups excluding carboxylic acids is 3. The van der Waals surface area contributed by atoms with Crippen molar-refractivity contribution in [2.75, 3.05) is 30.0 Å². The summed E-state index contributed by atoms with van der Waals surface area (Å²) in [6.45, 7) is -0.486. The molecule has 2 aromatic carbocycles. The lowest BCUT2D eigenvalue weighted by atomic mass is 10.1. The lowest BCUT2D eigenvalue weighted by Crippen LogP contribution is -2.51. The van der Waals surface area contributed by atoms with Crippen molar-refractivity contribution in [1.82, 2.24) is 0 Å². The number of rotatable bonds is 3. The Bertz CT molecular complexity index is 1120. The molecule has 8 nitrogen and oxygen atoms in total. The van der Waals surface area contributed by atoms with E-state index in [1.165, 1.54) is 36.4 Å². The van der Waals surface area contributed by atoms with Crippen LogP contribution in [0.1, 0.15) is 16.8 Å². The zero-order valence-corrected chi connectivity index (χ0v) is 17.5. The molecular formula is C21H16ClF3N2O6. The summed E-state index contributed by atoms with van der Waals surface area (Å²) >= 11 is 6.08. The average molecular weight is 485 g/mol. The van der Waals surface area contributed by atoms with Crippen molar-refractivity contribution in [2.45, 2.75) is 18.6 Å². The Labute approximate surface area is 190 Å². The number of alkyl halides is 3. The quantitative estimate of drug-likeness (QED) is 0.669. The zero-order valence-electron chi connectivity index (χ0n) is 16.8. The van der Waals surface area contributed by atoms with Gasteiger partial charge in [-0.05, 0) is 24.3 Å². The summed E-state index contributed by atoms with van der Waals surface area (Å²) in [6, 6.07) is 5.67. The first-order valence-corrected chi connectivity index (χ1v) is 10.1. The highest BCUT2D eigenvalue weighted by Gasteiger charge is 2.49. The van der Waals surface area contributed by atoms with E-state index < -0.39 is 43.0 Å². The number of ether oxygens (including phenoxy) is 3. The van der Waals surface area contributed by atoms with Crippen LogP contribution in [0, 0.1) is 0 Å². The van der Waals surface area contributed by atoms with Gasteiger partial charge in [-0.2, -0.15) is 13.2 Å². The molecule has 1 unspecified atom stereocenters. The van der Waals surface area contributed by atoms with Gasteiger partial charge in [-0.3, -0.25) is 14.5 Å². The molecule has 2 aromatic rings. The number of amides is 2. The minimum Gasteiger partial charge on any atom is -0.486 e. The number of halogens is 4. The standard InChI is InChI=1S/C21H16ClF3N2O6/c22-12-7-11(8-15-19(12)32-6-5-31-15)20(30)33-10-18(29)27-14-4-2-1-3-13(14)26-17(28)9-16(27)21(23,24)25/h1-4,7-8,16H,5-6,9-10H2,(H,26,28). The molecular weight excluding hydrogens is 469 g/mol. The van der Waals surface area contributed by atoms with Crippen molar-refractivity contribution in [1.29, 1.82) is 0 Å². The molecule has 0 saturated carbocycles. The Morgan fingerprint density at radius 3 is 2.67 bits per heavy atom. The molecule has 0 aromatic heterocycles. The Kier molecular flexibility index (Phi) is 6.07. The summed E-state index contributed by atoms with van der Waals surface area (Å²) in [7, 11) is 0. The molecule has 1 atom stereocenters. The number of carbonyl (C=O) groups is 3. The van der Waals surface area contributed by atoms with Crippen LogP contribution in [0.3, 0.4) is 0 Å². The first-order chi connectivity index (χ1) is 15.6. The summed E-state index contributed by atoms with van der Waals surface area (Å²) in [6.07, 6.45) is -5.91. The maximum absolute atomic E-state index is 13.7. The van der Waals surface area contributed by atoms with Crippen molar-refractivity contribution in [2.24, 2.45) is 0 Å². The van der Waals surface area contributed by atoms with E-state index in [-0.39, 0.29) is 46.7 Å². The number of para-hydroxylation sites is 2. The van der Waals surface area contributed by atoms with Crippen LogP contribution in [0.25, 0.3) is 0 Å². The van der Waals surface area contributed by atoms with Crippen LogP contribution in [-0.4, -0.2) is 49.8 Å². The first-order valence-electron chi connectivity index (χ1n) is 9.69. The van der Waals surface area contributed by atoms with Crippen LogP contribution in [0.15, 0.2) is 36.4 Å².